The fourth-order valence-electron chi connectivity index (χ4n) is 3.71. The molecule has 0 aliphatic rings. The van der Waals surface area contributed by atoms with Crippen molar-refractivity contribution in [2.24, 2.45) is 0 Å². The van der Waals surface area contributed by atoms with Crippen LogP contribution in [0, 0.1) is 6.92 Å². The van der Waals surface area contributed by atoms with Gasteiger partial charge in [-0.05, 0) is 43.7 Å². The third-order valence-corrected chi connectivity index (χ3v) is 6.44. The number of fused-ring (bicyclic) bond motifs is 1. The Bertz CT molecular complexity index is 1410. The summed E-state index contributed by atoms with van der Waals surface area (Å²) in [6.45, 7) is 4.63. The Balaban J connectivity index is 1.65. The molecule has 2 aromatic carbocycles. The Kier molecular flexibility index (Phi) is 7.40. The van der Waals surface area contributed by atoms with Gasteiger partial charge in [0.25, 0.3) is 5.56 Å². The number of amides is 1. The van der Waals surface area contributed by atoms with Crippen LogP contribution in [-0.2, 0) is 17.9 Å². The summed E-state index contributed by atoms with van der Waals surface area (Å²) in [6.07, 6.45) is 0. The van der Waals surface area contributed by atoms with Crippen LogP contribution in [0.15, 0.2) is 58.5 Å². The molecule has 0 radical (unpaired) electrons. The van der Waals surface area contributed by atoms with Crippen LogP contribution in [0.1, 0.15) is 18.2 Å². The smallest absolute Gasteiger partial charge is 0.280 e. The van der Waals surface area contributed by atoms with Gasteiger partial charge in [-0.1, -0.05) is 30.0 Å². The minimum absolute atomic E-state index is 0.0821. The van der Waals surface area contributed by atoms with Gasteiger partial charge in [0.05, 0.1) is 32.2 Å². The van der Waals surface area contributed by atoms with Crippen molar-refractivity contribution in [1.29, 1.82) is 0 Å². The molecule has 0 saturated heterocycles. The number of nitrogens with one attached hydrogen (secondary N) is 1. The first-order valence-electron chi connectivity index (χ1n) is 11.1. The number of thioether (sulfide) groups is 1. The van der Waals surface area contributed by atoms with Gasteiger partial charge < -0.3 is 14.8 Å². The number of carbonyl (C=O) groups is 1. The SMILES string of the molecule is CCn1nc(C)c2nc(SCC(=O)Nc3cccc(OC)c3)n(Cc3ccc(OC)cc3)c(=O)c21. The summed E-state index contributed by atoms with van der Waals surface area (Å²) < 4.78 is 13.7. The van der Waals surface area contributed by atoms with Gasteiger partial charge in [-0.15, -0.1) is 0 Å². The molecular weight excluding hydrogens is 466 g/mol. The average molecular weight is 494 g/mol. The van der Waals surface area contributed by atoms with Crippen molar-refractivity contribution in [3.8, 4) is 11.5 Å². The van der Waals surface area contributed by atoms with Gasteiger partial charge in [-0.25, -0.2) is 4.98 Å². The predicted octanol–water partition coefficient (Wildman–Crippen LogP) is 3.72. The van der Waals surface area contributed by atoms with E-state index in [2.05, 4.69) is 10.4 Å². The number of carbonyl (C=O) groups excluding carboxylic acids is 1. The standard InChI is InChI=1S/C25H27N5O4S/c1-5-30-23-22(16(2)28-30)27-25(29(24(23)32)14-17-9-11-19(33-3)12-10-17)35-15-21(31)26-18-7-6-8-20(13-18)34-4/h6-13H,5,14-15H2,1-4H3,(H,26,31). The molecule has 4 rings (SSSR count). The highest BCUT2D eigenvalue weighted by Crippen LogP contribution is 2.23. The van der Waals surface area contributed by atoms with Gasteiger partial charge in [0.2, 0.25) is 5.91 Å². The second-order valence-corrected chi connectivity index (χ2v) is 8.74. The number of hydrogen-bond acceptors (Lipinski definition) is 7. The third-order valence-electron chi connectivity index (χ3n) is 5.47. The molecule has 1 N–H and O–H groups in total. The van der Waals surface area contributed by atoms with Crippen molar-refractivity contribution in [2.75, 3.05) is 25.3 Å². The number of nitrogens with zero attached hydrogens (tertiary/aromatic N) is 4. The van der Waals surface area contributed by atoms with Gasteiger partial charge in [-0.3, -0.25) is 18.8 Å². The van der Waals surface area contributed by atoms with E-state index < -0.39 is 0 Å². The Morgan fingerprint density at radius 2 is 1.83 bits per heavy atom. The van der Waals surface area contributed by atoms with Crippen LogP contribution in [0.5, 0.6) is 11.5 Å². The van der Waals surface area contributed by atoms with E-state index in [4.69, 9.17) is 14.5 Å². The van der Waals surface area contributed by atoms with E-state index in [9.17, 15) is 9.59 Å². The number of anilines is 1. The number of benzene rings is 2. The molecule has 2 aromatic heterocycles. The van der Waals surface area contributed by atoms with E-state index in [1.165, 1.54) is 11.8 Å². The molecule has 2 heterocycles. The first kappa shape index (κ1) is 24.3. The van der Waals surface area contributed by atoms with E-state index in [-0.39, 0.29) is 17.2 Å². The summed E-state index contributed by atoms with van der Waals surface area (Å²) in [7, 11) is 3.18. The van der Waals surface area contributed by atoms with Crippen LogP contribution in [0.2, 0.25) is 0 Å². The minimum atomic E-state index is -0.213. The number of methoxy groups -OCH3 is 2. The second kappa shape index (κ2) is 10.6. The fraction of sp³-hybridized carbons (Fsp3) is 0.280. The number of aryl methyl sites for hydroxylation is 2. The molecule has 0 unspecified atom stereocenters. The molecular formula is C25H27N5O4S. The lowest BCUT2D eigenvalue weighted by Gasteiger charge is -2.13. The third kappa shape index (κ3) is 5.32. The largest absolute Gasteiger partial charge is 0.497 e. The van der Waals surface area contributed by atoms with E-state index in [0.29, 0.717) is 46.4 Å². The highest BCUT2D eigenvalue weighted by Gasteiger charge is 2.19. The summed E-state index contributed by atoms with van der Waals surface area (Å²) in [4.78, 5) is 31.0. The number of rotatable bonds is 9. The molecule has 35 heavy (non-hydrogen) atoms. The Labute approximate surface area is 207 Å². The molecule has 4 aromatic rings. The molecule has 0 saturated carbocycles. The molecule has 182 valence electrons. The highest BCUT2D eigenvalue weighted by atomic mass is 32.2. The maximum absolute atomic E-state index is 13.6. The van der Waals surface area contributed by atoms with Crippen LogP contribution in [0.25, 0.3) is 11.0 Å². The molecule has 10 heteroatoms. The van der Waals surface area contributed by atoms with Crippen molar-refractivity contribution >= 4 is 34.4 Å². The van der Waals surface area contributed by atoms with E-state index in [1.54, 1.807) is 47.7 Å². The summed E-state index contributed by atoms with van der Waals surface area (Å²) in [5.41, 5.74) is 3.05. The van der Waals surface area contributed by atoms with E-state index in [1.807, 2.05) is 38.1 Å². The minimum Gasteiger partial charge on any atom is -0.497 e. The van der Waals surface area contributed by atoms with Crippen LogP contribution >= 0.6 is 11.8 Å². The summed E-state index contributed by atoms with van der Waals surface area (Å²) in [5.74, 6) is 1.26. The topological polar surface area (TPSA) is 100 Å². The molecule has 0 fully saturated rings. The van der Waals surface area contributed by atoms with Crippen LogP contribution < -0.4 is 20.3 Å². The van der Waals surface area contributed by atoms with Crippen molar-refractivity contribution < 1.29 is 14.3 Å². The summed E-state index contributed by atoms with van der Waals surface area (Å²) in [6, 6.07) is 14.6. The lowest BCUT2D eigenvalue weighted by Crippen LogP contribution is -2.26. The quantitative estimate of drug-likeness (QED) is 0.280. The zero-order chi connectivity index (χ0) is 24.9. The normalized spacial score (nSPS) is 11.0. The maximum Gasteiger partial charge on any atom is 0.280 e. The van der Waals surface area contributed by atoms with Crippen molar-refractivity contribution in [3.05, 3.63) is 70.1 Å². The Hall–Kier alpha value is -3.79. The van der Waals surface area contributed by atoms with E-state index in [0.717, 1.165) is 11.3 Å². The van der Waals surface area contributed by atoms with Gasteiger partial charge in [0, 0.05) is 18.3 Å². The van der Waals surface area contributed by atoms with Crippen LogP contribution in [0.4, 0.5) is 5.69 Å². The van der Waals surface area contributed by atoms with Gasteiger partial charge in [-0.2, -0.15) is 5.10 Å². The average Bonchev–Trinajstić information content (AvgIpc) is 3.20. The molecule has 0 spiro atoms. The maximum atomic E-state index is 13.6. The Morgan fingerprint density at radius 1 is 1.09 bits per heavy atom. The monoisotopic (exact) mass is 493 g/mol. The predicted molar refractivity (Wildman–Crippen MR) is 137 cm³/mol. The number of ether oxygens (including phenoxy) is 2. The molecule has 1 amide bonds. The molecule has 0 bridgehead atoms. The van der Waals surface area contributed by atoms with Gasteiger partial charge in [0.15, 0.2) is 10.7 Å². The van der Waals surface area contributed by atoms with Crippen LogP contribution in [-0.4, -0.2) is 45.2 Å². The van der Waals surface area contributed by atoms with Crippen molar-refractivity contribution in [2.45, 2.75) is 32.1 Å². The van der Waals surface area contributed by atoms with Crippen molar-refractivity contribution in [3.63, 3.8) is 0 Å². The molecule has 0 aliphatic heterocycles. The van der Waals surface area contributed by atoms with Gasteiger partial charge in [0.1, 0.15) is 17.0 Å². The second-order valence-electron chi connectivity index (χ2n) is 7.80. The molecule has 0 aliphatic carbocycles. The lowest BCUT2D eigenvalue weighted by molar-refractivity contribution is -0.113. The number of aromatic nitrogens is 4. The Morgan fingerprint density at radius 3 is 2.51 bits per heavy atom. The number of hydrogen-bond donors (Lipinski definition) is 1. The van der Waals surface area contributed by atoms with E-state index >= 15 is 0 Å². The van der Waals surface area contributed by atoms with Gasteiger partial charge >= 0.3 is 0 Å². The summed E-state index contributed by atoms with van der Waals surface area (Å²) >= 11 is 1.21. The van der Waals surface area contributed by atoms with Crippen LogP contribution in [0.3, 0.4) is 0 Å². The molecule has 9 nitrogen and oxygen atoms in total. The molecule has 0 atom stereocenters. The zero-order valence-electron chi connectivity index (χ0n) is 20.1. The lowest BCUT2D eigenvalue weighted by atomic mass is 10.2. The fourth-order valence-corrected chi connectivity index (χ4v) is 4.50. The first-order chi connectivity index (χ1) is 16.9. The first-order valence-corrected chi connectivity index (χ1v) is 12.1. The zero-order valence-corrected chi connectivity index (χ0v) is 20.9. The summed E-state index contributed by atoms with van der Waals surface area (Å²) in [5, 5.41) is 7.79. The highest BCUT2D eigenvalue weighted by molar-refractivity contribution is 7.99. The van der Waals surface area contributed by atoms with Crippen molar-refractivity contribution in [1.82, 2.24) is 19.3 Å².